The lowest BCUT2D eigenvalue weighted by Crippen LogP contribution is -2.23. The molecule has 0 fully saturated rings. The minimum atomic E-state index is 0.509. The van der Waals surface area contributed by atoms with E-state index in [1.54, 1.807) is 0 Å². The molecule has 0 aliphatic carbocycles. The first-order valence-corrected chi connectivity index (χ1v) is 5.33. The van der Waals surface area contributed by atoms with Gasteiger partial charge in [0, 0.05) is 12.1 Å². The average Bonchev–Trinajstić information content (AvgIpc) is 2.20. The van der Waals surface area contributed by atoms with Crippen LogP contribution in [0.15, 0.2) is 35.0 Å². The highest BCUT2D eigenvalue weighted by Crippen LogP contribution is 2.37. The maximum absolute atomic E-state index is 6.05. The molecule has 78 valence electrons. The summed E-state index contributed by atoms with van der Waals surface area (Å²) in [7, 11) is 1.95. The molecule has 2 nitrogen and oxygen atoms in total. The lowest BCUT2D eigenvalue weighted by atomic mass is 10.2. The monoisotopic (exact) mass is 240 g/mol. The van der Waals surface area contributed by atoms with Crippen molar-refractivity contribution in [3.8, 4) is 0 Å². The second kappa shape index (κ2) is 3.87. The van der Waals surface area contributed by atoms with Crippen molar-refractivity contribution < 1.29 is 0 Å². The van der Waals surface area contributed by atoms with Gasteiger partial charge in [0.2, 0.25) is 0 Å². The van der Waals surface area contributed by atoms with Crippen molar-refractivity contribution >= 4 is 39.7 Å². The third-order valence-electron chi connectivity index (χ3n) is 2.36. The predicted octanol–water partition coefficient (Wildman–Crippen LogP) is 3.96. The molecule has 0 spiro atoms. The number of halogens is 2. The lowest BCUT2D eigenvalue weighted by molar-refractivity contribution is 1.13. The van der Waals surface area contributed by atoms with Gasteiger partial charge >= 0.3 is 0 Å². The molecule has 15 heavy (non-hydrogen) atoms. The lowest BCUT2D eigenvalue weighted by Gasteiger charge is -2.27. The minimum absolute atomic E-state index is 0.509. The number of allylic oxidation sites excluding steroid dienone is 2. The molecule has 0 saturated carbocycles. The Hall–Kier alpha value is -0.990. The van der Waals surface area contributed by atoms with Gasteiger partial charge in [0.15, 0.2) is 5.17 Å². The molecule has 4 heteroatoms. The molecule has 0 aromatic heterocycles. The molecule has 0 amide bonds. The number of hydrogen-bond donors (Lipinski definition) is 0. The molecule has 1 heterocycles. The van der Waals surface area contributed by atoms with Gasteiger partial charge in [-0.25, -0.2) is 4.99 Å². The van der Waals surface area contributed by atoms with E-state index in [0.29, 0.717) is 10.2 Å². The second-order valence-electron chi connectivity index (χ2n) is 3.27. The van der Waals surface area contributed by atoms with E-state index in [9.17, 15) is 0 Å². The predicted molar refractivity (Wildman–Crippen MR) is 66.6 cm³/mol. The maximum atomic E-state index is 6.05. The quantitative estimate of drug-likeness (QED) is 0.671. The van der Waals surface area contributed by atoms with Crippen LogP contribution in [0.4, 0.5) is 11.4 Å². The Bertz CT molecular complexity index is 464. The van der Waals surface area contributed by atoms with E-state index in [2.05, 4.69) is 4.99 Å². The van der Waals surface area contributed by atoms with Gasteiger partial charge < -0.3 is 4.90 Å². The first-order valence-electron chi connectivity index (χ1n) is 4.57. The highest BCUT2D eigenvalue weighted by Gasteiger charge is 2.19. The molecular formula is C11H10Cl2N2. The van der Waals surface area contributed by atoms with Crippen LogP contribution >= 0.6 is 23.2 Å². The molecule has 2 rings (SSSR count). The van der Waals surface area contributed by atoms with Crippen LogP contribution < -0.4 is 4.90 Å². The van der Waals surface area contributed by atoms with E-state index in [1.807, 2.05) is 43.1 Å². The molecule has 1 aliphatic heterocycles. The fourth-order valence-corrected chi connectivity index (χ4v) is 2.10. The van der Waals surface area contributed by atoms with E-state index in [1.165, 1.54) is 0 Å². The number of fused-ring (bicyclic) bond motifs is 1. The Kier molecular flexibility index (Phi) is 2.72. The van der Waals surface area contributed by atoms with Gasteiger partial charge in [0.05, 0.1) is 17.1 Å². The normalized spacial score (nSPS) is 17.7. The molecule has 0 atom stereocenters. The average molecular weight is 241 g/mol. The maximum Gasteiger partial charge on any atom is 0.153 e. The van der Waals surface area contributed by atoms with E-state index < -0.39 is 0 Å². The Labute approximate surface area is 98.8 Å². The fourth-order valence-electron chi connectivity index (χ4n) is 1.60. The Morgan fingerprint density at radius 1 is 1.33 bits per heavy atom. The first-order chi connectivity index (χ1) is 7.13. The number of rotatable bonds is 0. The zero-order valence-corrected chi connectivity index (χ0v) is 9.97. The van der Waals surface area contributed by atoms with E-state index in [0.717, 1.165) is 17.1 Å². The fraction of sp³-hybridized carbons (Fsp3) is 0.182. The molecule has 0 unspecified atom stereocenters. The number of anilines is 1. The van der Waals surface area contributed by atoms with Gasteiger partial charge in [-0.2, -0.15) is 0 Å². The molecular weight excluding hydrogens is 231 g/mol. The topological polar surface area (TPSA) is 15.6 Å². The summed E-state index contributed by atoms with van der Waals surface area (Å²) in [6, 6.07) is 5.55. The number of benzene rings is 1. The highest BCUT2D eigenvalue weighted by atomic mass is 35.5. The van der Waals surface area contributed by atoms with Crippen molar-refractivity contribution in [2.75, 3.05) is 11.9 Å². The molecule has 1 aromatic carbocycles. The summed E-state index contributed by atoms with van der Waals surface area (Å²) in [5, 5.41) is 1.21. The Morgan fingerprint density at radius 3 is 2.73 bits per heavy atom. The van der Waals surface area contributed by atoms with Gasteiger partial charge in [0.1, 0.15) is 0 Å². The number of hydrogen-bond acceptors (Lipinski definition) is 2. The molecule has 1 aromatic rings. The van der Waals surface area contributed by atoms with Crippen molar-refractivity contribution in [1.82, 2.24) is 0 Å². The summed E-state index contributed by atoms with van der Waals surface area (Å²) in [6.07, 6.45) is 1.93. The Morgan fingerprint density at radius 2 is 2.07 bits per heavy atom. The molecule has 0 saturated heterocycles. The third-order valence-corrected chi connectivity index (χ3v) is 2.88. The van der Waals surface area contributed by atoms with Gasteiger partial charge in [-0.15, -0.1) is 0 Å². The molecule has 0 N–H and O–H groups in total. The van der Waals surface area contributed by atoms with E-state index in [4.69, 9.17) is 23.2 Å². The SMILES string of the molecule is CC=C1C(Cl)=Nc2ccc(Cl)cc2N1C. The van der Waals surface area contributed by atoms with Crippen molar-refractivity contribution in [2.45, 2.75) is 6.92 Å². The summed E-state index contributed by atoms with van der Waals surface area (Å²) < 4.78 is 0. The summed E-state index contributed by atoms with van der Waals surface area (Å²) >= 11 is 12.0. The van der Waals surface area contributed by atoms with Crippen molar-refractivity contribution in [3.63, 3.8) is 0 Å². The first kappa shape index (κ1) is 10.5. The smallest absolute Gasteiger partial charge is 0.153 e. The second-order valence-corrected chi connectivity index (χ2v) is 4.06. The van der Waals surface area contributed by atoms with Crippen LogP contribution in [0.2, 0.25) is 5.02 Å². The summed E-state index contributed by atoms with van der Waals surface area (Å²) in [5.41, 5.74) is 2.71. The van der Waals surface area contributed by atoms with Crippen LogP contribution in [0.3, 0.4) is 0 Å². The van der Waals surface area contributed by atoms with Crippen LogP contribution in [0, 0.1) is 0 Å². The summed E-state index contributed by atoms with van der Waals surface area (Å²) in [5.74, 6) is 0. The van der Waals surface area contributed by atoms with Crippen molar-refractivity contribution in [3.05, 3.63) is 35.0 Å². The molecule has 0 bridgehead atoms. The molecule has 0 radical (unpaired) electrons. The van der Waals surface area contributed by atoms with Crippen molar-refractivity contribution in [2.24, 2.45) is 4.99 Å². The van der Waals surface area contributed by atoms with Crippen LogP contribution in [0.25, 0.3) is 0 Å². The number of nitrogens with zero attached hydrogens (tertiary/aromatic N) is 2. The van der Waals surface area contributed by atoms with Crippen LogP contribution in [0.1, 0.15) is 6.92 Å². The standard InChI is InChI=1S/C11H10Cl2N2/c1-3-9-11(13)14-8-5-4-7(12)6-10(8)15(9)2/h3-6H,1-2H3. The summed E-state index contributed by atoms with van der Waals surface area (Å²) in [4.78, 5) is 6.29. The third kappa shape index (κ3) is 1.75. The van der Waals surface area contributed by atoms with Crippen LogP contribution in [-0.4, -0.2) is 12.2 Å². The van der Waals surface area contributed by atoms with E-state index in [-0.39, 0.29) is 0 Å². The molecule has 1 aliphatic rings. The van der Waals surface area contributed by atoms with Crippen molar-refractivity contribution in [1.29, 1.82) is 0 Å². The zero-order valence-electron chi connectivity index (χ0n) is 8.46. The van der Waals surface area contributed by atoms with Crippen LogP contribution in [-0.2, 0) is 0 Å². The van der Waals surface area contributed by atoms with Gasteiger partial charge in [-0.1, -0.05) is 29.3 Å². The largest absolute Gasteiger partial charge is 0.341 e. The number of aliphatic imine (C=N–C) groups is 1. The van der Waals surface area contributed by atoms with Gasteiger partial charge in [0.25, 0.3) is 0 Å². The Balaban J connectivity index is 2.63. The van der Waals surface area contributed by atoms with Gasteiger partial charge in [-0.05, 0) is 25.1 Å². The highest BCUT2D eigenvalue weighted by molar-refractivity contribution is 6.70. The zero-order chi connectivity index (χ0) is 11.0. The van der Waals surface area contributed by atoms with Crippen LogP contribution in [0.5, 0.6) is 0 Å². The summed E-state index contributed by atoms with van der Waals surface area (Å²) in [6.45, 7) is 1.93. The van der Waals surface area contributed by atoms with E-state index >= 15 is 0 Å². The van der Waals surface area contributed by atoms with Gasteiger partial charge in [-0.3, -0.25) is 0 Å². The minimum Gasteiger partial charge on any atom is -0.341 e.